The minimum atomic E-state index is -2.42. The second-order valence-electron chi connectivity index (χ2n) is 17.2. The fraction of sp³-hybridized carbons (Fsp3) is 0.241. The lowest BCUT2D eigenvalue weighted by molar-refractivity contribution is -0.180. The minimum Gasteiger partial charge on any atom is -1.00 e. The van der Waals surface area contributed by atoms with Crippen molar-refractivity contribution in [1.29, 1.82) is 0 Å². The molecule has 0 N–H and O–H groups in total. The number of hydrogen-bond donors (Lipinski definition) is 0. The molecule has 0 bridgehead atoms. The Labute approximate surface area is 377 Å². The number of hydrogen-bond acceptors (Lipinski definition) is 3. The molecule has 314 valence electrons. The summed E-state index contributed by atoms with van der Waals surface area (Å²) >= 11 is 0. The molecule has 0 atom stereocenters. The summed E-state index contributed by atoms with van der Waals surface area (Å²) in [7, 11) is -4.81. The standard InChI is InChI=1S/C54H57NO2P2.2ClH/c1-37-25-27-44(28-26-37)59(48-23-13-18-41(5)32-48,49-24-14-19-42(6)33-49)36-52-51(50-34-56-54(8,9)57-53(50)43(7)55-52)35-58(45-20-10-15-38(2)29-45,46-21-11-16-39(3)30-46)47-22-12-17-40(4)31-47;;/h10-33H,34-36H2,1-9H3;2*1H/q+2;;/p-2. The molecule has 7 aromatic rings. The smallest absolute Gasteiger partial charge is 0.205 e. The van der Waals surface area contributed by atoms with E-state index in [-0.39, 0.29) is 24.8 Å². The molecule has 2 heterocycles. The van der Waals surface area contributed by atoms with Crippen LogP contribution in [0, 0.1) is 48.5 Å². The van der Waals surface area contributed by atoms with Gasteiger partial charge in [0.1, 0.15) is 64.4 Å². The molecular formula is C54H57Cl2NO2P2. The van der Waals surface area contributed by atoms with Crippen molar-refractivity contribution in [3.63, 3.8) is 0 Å². The molecule has 0 spiro atoms. The Hall–Kier alpha value is -4.33. The monoisotopic (exact) mass is 883 g/mol. The maximum Gasteiger partial charge on any atom is 0.205 e. The van der Waals surface area contributed by atoms with Gasteiger partial charge in [-0.15, -0.1) is 0 Å². The van der Waals surface area contributed by atoms with E-state index in [4.69, 9.17) is 14.5 Å². The first-order chi connectivity index (χ1) is 28.3. The van der Waals surface area contributed by atoms with Gasteiger partial charge in [0.15, 0.2) is 0 Å². The van der Waals surface area contributed by atoms with E-state index >= 15 is 0 Å². The molecule has 6 aromatic carbocycles. The third-order valence-corrected chi connectivity index (χ3v) is 20.5. The summed E-state index contributed by atoms with van der Waals surface area (Å²) in [6, 6.07) is 55.7. The molecule has 0 aliphatic carbocycles. The van der Waals surface area contributed by atoms with Crippen LogP contribution < -0.4 is 61.4 Å². The van der Waals surface area contributed by atoms with E-state index in [1.165, 1.54) is 70.8 Å². The average Bonchev–Trinajstić information content (AvgIpc) is 3.20. The fourth-order valence-corrected chi connectivity index (χ4v) is 17.9. The normalized spacial score (nSPS) is 13.3. The van der Waals surface area contributed by atoms with Crippen LogP contribution >= 0.6 is 14.5 Å². The highest BCUT2D eigenvalue weighted by atomic mass is 35.5. The third kappa shape index (κ3) is 9.11. The van der Waals surface area contributed by atoms with Crippen LogP contribution in [-0.2, 0) is 23.7 Å². The van der Waals surface area contributed by atoms with Crippen LogP contribution in [0.4, 0.5) is 0 Å². The van der Waals surface area contributed by atoms with Gasteiger partial charge in [0.25, 0.3) is 0 Å². The number of aryl methyl sites for hydroxylation is 7. The van der Waals surface area contributed by atoms with Gasteiger partial charge in [-0.25, -0.2) is 4.98 Å². The van der Waals surface area contributed by atoms with Crippen molar-refractivity contribution in [2.24, 2.45) is 0 Å². The van der Waals surface area contributed by atoms with Crippen molar-refractivity contribution in [3.05, 3.63) is 201 Å². The fourth-order valence-electron chi connectivity index (χ4n) is 9.01. The molecule has 8 rings (SSSR count). The topological polar surface area (TPSA) is 31.4 Å². The summed E-state index contributed by atoms with van der Waals surface area (Å²) in [5, 5.41) is 8.17. The quantitative estimate of drug-likeness (QED) is 0.184. The van der Waals surface area contributed by atoms with Gasteiger partial charge in [0.2, 0.25) is 5.79 Å². The molecular weight excluding hydrogens is 827 g/mol. The van der Waals surface area contributed by atoms with Crippen LogP contribution in [0.3, 0.4) is 0 Å². The number of pyridine rings is 1. The van der Waals surface area contributed by atoms with Gasteiger partial charge in [-0.3, -0.25) is 0 Å². The zero-order valence-electron chi connectivity index (χ0n) is 36.9. The first kappa shape index (κ1) is 46.2. The van der Waals surface area contributed by atoms with E-state index in [9.17, 15) is 0 Å². The summed E-state index contributed by atoms with van der Waals surface area (Å²) in [6.07, 6.45) is 1.53. The molecule has 0 saturated carbocycles. The number of ether oxygens (including phenoxy) is 2. The molecule has 0 unspecified atom stereocenters. The highest BCUT2D eigenvalue weighted by Crippen LogP contribution is 2.63. The van der Waals surface area contributed by atoms with E-state index in [1.807, 2.05) is 13.8 Å². The number of fused-ring (bicyclic) bond motifs is 1. The van der Waals surface area contributed by atoms with E-state index in [0.717, 1.165) is 35.0 Å². The largest absolute Gasteiger partial charge is 1.00 e. The van der Waals surface area contributed by atoms with Crippen molar-refractivity contribution in [3.8, 4) is 5.75 Å². The molecule has 1 aromatic heterocycles. The summed E-state index contributed by atoms with van der Waals surface area (Å²) in [4.78, 5) is 5.76. The van der Waals surface area contributed by atoms with E-state index in [1.54, 1.807) is 0 Å². The maximum absolute atomic E-state index is 6.80. The molecule has 0 radical (unpaired) electrons. The number of benzene rings is 6. The summed E-state index contributed by atoms with van der Waals surface area (Å²) in [5.41, 5.74) is 12.0. The van der Waals surface area contributed by atoms with Crippen molar-refractivity contribution in [2.45, 2.75) is 87.0 Å². The molecule has 3 nitrogen and oxygen atoms in total. The number of halogens is 2. The lowest BCUT2D eigenvalue weighted by atomic mass is 10.0. The first-order valence-electron chi connectivity index (χ1n) is 20.8. The van der Waals surface area contributed by atoms with Crippen molar-refractivity contribution in [1.82, 2.24) is 4.98 Å². The lowest BCUT2D eigenvalue weighted by Gasteiger charge is -2.37. The van der Waals surface area contributed by atoms with Gasteiger partial charge >= 0.3 is 0 Å². The Morgan fingerprint density at radius 2 is 0.852 bits per heavy atom. The van der Waals surface area contributed by atoms with Crippen LogP contribution in [0.25, 0.3) is 0 Å². The van der Waals surface area contributed by atoms with Crippen LogP contribution in [0.15, 0.2) is 146 Å². The van der Waals surface area contributed by atoms with Crippen LogP contribution in [0.5, 0.6) is 5.75 Å². The summed E-state index contributed by atoms with van der Waals surface area (Å²) < 4.78 is 13.4. The van der Waals surface area contributed by atoms with Gasteiger partial charge in [0, 0.05) is 25.0 Å². The number of rotatable bonds is 10. The SMILES string of the molecule is Cc1ccc([P+](Cc2nc(C)c3c(c2C[P+](c2cccc(C)c2)(c2cccc(C)c2)c2cccc(C)c2)COC(C)(C)O3)(c2cccc(C)c2)c2cccc(C)c2)cc1.[Cl-].[Cl-]. The van der Waals surface area contributed by atoms with Crippen LogP contribution in [-0.4, -0.2) is 10.8 Å². The van der Waals surface area contributed by atoms with E-state index in [0.29, 0.717) is 6.61 Å². The summed E-state index contributed by atoms with van der Waals surface area (Å²) in [6.45, 7) is 19.9. The molecule has 0 saturated heterocycles. The zero-order valence-corrected chi connectivity index (χ0v) is 40.2. The Morgan fingerprint density at radius 3 is 1.23 bits per heavy atom. The van der Waals surface area contributed by atoms with Crippen molar-refractivity contribution in [2.75, 3.05) is 0 Å². The van der Waals surface area contributed by atoms with E-state index < -0.39 is 20.3 Å². The highest BCUT2D eigenvalue weighted by Gasteiger charge is 2.51. The molecule has 1 aliphatic rings. The molecule has 61 heavy (non-hydrogen) atoms. The molecule has 7 heteroatoms. The third-order valence-electron chi connectivity index (χ3n) is 12.0. The number of nitrogens with zero attached hydrogens (tertiary/aromatic N) is 1. The molecule has 0 fully saturated rings. The Bertz CT molecular complexity index is 2520. The first-order valence-corrected chi connectivity index (χ1v) is 24.8. The maximum atomic E-state index is 6.80. The minimum absolute atomic E-state index is 0. The van der Waals surface area contributed by atoms with Crippen molar-refractivity contribution >= 4 is 46.4 Å². The highest BCUT2D eigenvalue weighted by molar-refractivity contribution is 7.95. The van der Waals surface area contributed by atoms with Gasteiger partial charge in [0.05, 0.1) is 18.0 Å². The van der Waals surface area contributed by atoms with Crippen LogP contribution in [0.1, 0.15) is 69.7 Å². The van der Waals surface area contributed by atoms with Crippen LogP contribution in [0.2, 0.25) is 0 Å². The van der Waals surface area contributed by atoms with Gasteiger partial charge < -0.3 is 34.3 Å². The molecule has 0 amide bonds. The summed E-state index contributed by atoms with van der Waals surface area (Å²) in [5.74, 6) is 0.0942. The number of aromatic nitrogens is 1. The Kier molecular flexibility index (Phi) is 14.1. The van der Waals surface area contributed by atoms with E-state index in [2.05, 4.69) is 194 Å². The second-order valence-corrected chi connectivity index (χ2v) is 24.2. The van der Waals surface area contributed by atoms with Crippen molar-refractivity contribution < 1.29 is 34.3 Å². The Morgan fingerprint density at radius 1 is 0.475 bits per heavy atom. The van der Waals surface area contributed by atoms with Gasteiger partial charge in [-0.2, -0.15) is 0 Å². The zero-order chi connectivity index (χ0) is 41.5. The predicted octanol–water partition coefficient (Wildman–Crippen LogP) is 4.88. The molecule has 1 aliphatic heterocycles. The Balaban J connectivity index is 0.00000311. The van der Waals surface area contributed by atoms with Gasteiger partial charge in [-0.1, -0.05) is 78.4 Å². The average molecular weight is 885 g/mol. The lowest BCUT2D eigenvalue weighted by Crippen LogP contribution is -3.00. The predicted molar refractivity (Wildman–Crippen MR) is 255 cm³/mol. The van der Waals surface area contributed by atoms with Gasteiger partial charge in [-0.05, 0) is 149 Å². The second kappa shape index (κ2) is 18.6.